The van der Waals surface area contributed by atoms with Crippen molar-refractivity contribution in [1.29, 1.82) is 0 Å². The number of nitrogens with one attached hydrogen (secondary N) is 1. The van der Waals surface area contributed by atoms with E-state index >= 15 is 0 Å². The summed E-state index contributed by atoms with van der Waals surface area (Å²) in [4.78, 5) is 14.1. The summed E-state index contributed by atoms with van der Waals surface area (Å²) in [7, 11) is 1.66. The quantitative estimate of drug-likeness (QED) is 0.132. The Kier molecular flexibility index (Phi) is 17.4. The van der Waals surface area contributed by atoms with Crippen LogP contribution in [0.1, 0.15) is 110 Å². The van der Waals surface area contributed by atoms with Gasteiger partial charge in [0.25, 0.3) is 5.91 Å². The van der Waals surface area contributed by atoms with Crippen LogP contribution in [0.3, 0.4) is 0 Å². The van der Waals surface area contributed by atoms with Crippen molar-refractivity contribution >= 4 is 17.2 Å². The summed E-state index contributed by atoms with van der Waals surface area (Å²) >= 11 is 1.72. The third kappa shape index (κ3) is 13.4. The van der Waals surface area contributed by atoms with Gasteiger partial charge in [0.1, 0.15) is 0 Å². The lowest BCUT2D eigenvalue weighted by Crippen LogP contribution is -3.00. The predicted octanol–water partition coefficient (Wildman–Crippen LogP) is 5.41. The maximum Gasteiger partial charge on any atom is 0.251 e. The summed E-state index contributed by atoms with van der Waals surface area (Å²) in [5, 5.41) is 3.04. The Labute approximate surface area is 262 Å². The first kappa shape index (κ1) is 34.8. The molecule has 0 saturated carbocycles. The lowest BCUT2D eigenvalue weighted by atomic mass is 10.1. The van der Waals surface area contributed by atoms with E-state index in [1.165, 1.54) is 75.5 Å². The van der Waals surface area contributed by atoms with Crippen molar-refractivity contribution in [3.05, 3.63) is 75.7 Å². The smallest absolute Gasteiger partial charge is 0.251 e. The average molecular weight is 646 g/mol. The molecule has 7 heteroatoms. The molecule has 226 valence electrons. The van der Waals surface area contributed by atoms with E-state index in [1.54, 1.807) is 18.4 Å². The van der Waals surface area contributed by atoms with Crippen LogP contribution in [0.5, 0.6) is 11.5 Å². The van der Waals surface area contributed by atoms with E-state index in [4.69, 9.17) is 9.47 Å². The number of hydrogen-bond donors (Lipinski definition) is 1. The van der Waals surface area contributed by atoms with Crippen LogP contribution < -0.4 is 36.3 Å². The van der Waals surface area contributed by atoms with E-state index in [-0.39, 0.29) is 22.9 Å². The summed E-state index contributed by atoms with van der Waals surface area (Å²) in [6, 6.07) is 13.7. The van der Waals surface area contributed by atoms with E-state index in [2.05, 4.69) is 41.5 Å². The molecular formula is C34H49BrN2O3S. The normalized spacial score (nSPS) is 10.7. The molecule has 0 fully saturated rings. The molecule has 0 atom stereocenters. The van der Waals surface area contributed by atoms with Crippen molar-refractivity contribution < 1.29 is 35.8 Å². The van der Waals surface area contributed by atoms with E-state index < -0.39 is 0 Å². The van der Waals surface area contributed by atoms with Crippen molar-refractivity contribution in [1.82, 2.24) is 5.32 Å². The van der Waals surface area contributed by atoms with Crippen LogP contribution >= 0.6 is 11.3 Å². The van der Waals surface area contributed by atoms with Crippen LogP contribution in [0.15, 0.2) is 54.2 Å². The van der Waals surface area contributed by atoms with E-state index in [9.17, 15) is 4.79 Å². The van der Waals surface area contributed by atoms with Gasteiger partial charge in [-0.05, 0) is 43.2 Å². The molecule has 0 aliphatic rings. The van der Waals surface area contributed by atoms with Gasteiger partial charge in [-0.25, -0.2) is 0 Å². The highest BCUT2D eigenvalue weighted by Gasteiger charge is 2.11. The maximum absolute atomic E-state index is 12.8. The van der Waals surface area contributed by atoms with Crippen LogP contribution in [0, 0.1) is 6.92 Å². The van der Waals surface area contributed by atoms with Gasteiger partial charge in [0.15, 0.2) is 24.2 Å². The fraction of sp³-hybridized carbons (Fsp3) is 0.529. The summed E-state index contributed by atoms with van der Waals surface area (Å²) in [6.45, 7) is 6.25. The molecule has 5 nitrogen and oxygen atoms in total. The number of aryl methyl sites for hydroxylation is 1. The minimum absolute atomic E-state index is 0. The zero-order valence-electron chi connectivity index (χ0n) is 25.3. The molecule has 2 aromatic carbocycles. The number of ether oxygens (including phenoxy) is 2. The molecule has 0 radical (unpaired) electrons. The second kappa shape index (κ2) is 20.5. The standard InChI is InChI=1S/C34H48N2O3S.BrH/c1-4-5-6-7-8-9-10-11-12-13-14-15-21-39-32-20-19-29(23-33(32)38-3)24-35-34(37)31-18-16-17-30(22-31)26-36-25-28(2)40-27-36;/h16-20,22-23,25,27H,4-15,21,24,26H2,1-3H3;1H. The molecule has 3 aromatic rings. The molecule has 1 heterocycles. The van der Waals surface area contributed by atoms with Gasteiger partial charge >= 0.3 is 0 Å². The highest BCUT2D eigenvalue weighted by molar-refractivity contribution is 7.09. The van der Waals surface area contributed by atoms with E-state index in [1.807, 2.05) is 36.4 Å². The lowest BCUT2D eigenvalue weighted by molar-refractivity contribution is -0.683. The zero-order chi connectivity index (χ0) is 28.4. The second-order valence-electron chi connectivity index (χ2n) is 10.7. The Morgan fingerprint density at radius 2 is 1.54 bits per heavy atom. The highest BCUT2D eigenvalue weighted by Crippen LogP contribution is 2.28. The third-order valence-corrected chi connectivity index (χ3v) is 8.07. The summed E-state index contributed by atoms with van der Waals surface area (Å²) in [5.41, 5.74) is 4.84. The van der Waals surface area contributed by atoms with Gasteiger partial charge in [0.05, 0.1) is 18.6 Å². The Morgan fingerprint density at radius 1 is 0.854 bits per heavy atom. The molecule has 1 amide bonds. The Hall–Kier alpha value is -2.38. The first-order valence-corrected chi connectivity index (χ1v) is 16.1. The number of carbonyl (C=O) groups is 1. The van der Waals surface area contributed by atoms with Crippen molar-refractivity contribution in [2.75, 3.05) is 13.7 Å². The van der Waals surface area contributed by atoms with Gasteiger partial charge < -0.3 is 31.8 Å². The molecule has 3 rings (SSSR count). The summed E-state index contributed by atoms with van der Waals surface area (Å²) < 4.78 is 13.7. The number of halogens is 1. The number of hydrogen-bond acceptors (Lipinski definition) is 4. The number of nitrogens with zero attached hydrogens (tertiary/aromatic N) is 1. The lowest BCUT2D eigenvalue weighted by Gasteiger charge is -2.13. The number of unbranched alkanes of at least 4 members (excludes halogenated alkanes) is 11. The van der Waals surface area contributed by atoms with Crippen LogP contribution in [-0.4, -0.2) is 19.6 Å². The number of carbonyl (C=O) groups excluding carboxylic acids is 1. The zero-order valence-corrected chi connectivity index (χ0v) is 27.7. The van der Waals surface area contributed by atoms with Gasteiger partial charge in [-0.1, -0.05) is 107 Å². The Bertz CT molecular complexity index is 1150. The van der Waals surface area contributed by atoms with Crippen molar-refractivity contribution in [2.45, 2.75) is 104 Å². The fourth-order valence-electron chi connectivity index (χ4n) is 4.90. The molecule has 0 aliphatic carbocycles. The number of aromatic nitrogens is 1. The third-order valence-electron chi connectivity index (χ3n) is 7.21. The van der Waals surface area contributed by atoms with Gasteiger partial charge in [0.2, 0.25) is 5.51 Å². The summed E-state index contributed by atoms with van der Waals surface area (Å²) in [5.74, 6) is 1.38. The maximum atomic E-state index is 12.8. The first-order chi connectivity index (χ1) is 19.6. The Morgan fingerprint density at radius 3 is 2.17 bits per heavy atom. The molecule has 0 saturated heterocycles. The highest BCUT2D eigenvalue weighted by atomic mass is 79.9. The minimum atomic E-state index is -0.0837. The van der Waals surface area contributed by atoms with Crippen LogP contribution in [0.4, 0.5) is 0 Å². The molecule has 1 N–H and O–H groups in total. The van der Waals surface area contributed by atoms with Crippen molar-refractivity contribution in [3.8, 4) is 11.5 Å². The topological polar surface area (TPSA) is 51.4 Å². The van der Waals surface area contributed by atoms with Crippen molar-refractivity contribution in [3.63, 3.8) is 0 Å². The molecular weight excluding hydrogens is 596 g/mol. The number of rotatable bonds is 20. The van der Waals surface area contributed by atoms with E-state index in [0.717, 1.165) is 29.8 Å². The van der Waals surface area contributed by atoms with Crippen LogP contribution in [0.2, 0.25) is 0 Å². The monoisotopic (exact) mass is 644 g/mol. The predicted molar refractivity (Wildman–Crippen MR) is 166 cm³/mol. The molecule has 0 bridgehead atoms. The molecule has 0 aliphatic heterocycles. The van der Waals surface area contributed by atoms with Gasteiger partial charge in [-0.2, -0.15) is 4.57 Å². The number of methoxy groups -OCH3 is 1. The molecule has 1 aromatic heterocycles. The number of amides is 1. The average Bonchev–Trinajstić information content (AvgIpc) is 3.38. The second-order valence-corrected chi connectivity index (χ2v) is 11.8. The summed E-state index contributed by atoms with van der Waals surface area (Å²) in [6.07, 6.45) is 18.1. The SMILES string of the molecule is CCCCCCCCCCCCCCOc1ccc(CNC(=O)c2cccc(C[n+]3csc(C)c3)c2)cc1OC.[Br-]. The first-order valence-electron chi connectivity index (χ1n) is 15.2. The number of benzene rings is 2. The number of thiazole rings is 1. The van der Waals surface area contributed by atoms with E-state index in [0.29, 0.717) is 24.5 Å². The van der Waals surface area contributed by atoms with Crippen LogP contribution in [-0.2, 0) is 13.1 Å². The minimum Gasteiger partial charge on any atom is -1.00 e. The van der Waals surface area contributed by atoms with Gasteiger partial charge in [-0.3, -0.25) is 4.79 Å². The molecule has 0 spiro atoms. The Balaban J connectivity index is 0.00000588. The largest absolute Gasteiger partial charge is 1.00 e. The van der Waals surface area contributed by atoms with Gasteiger partial charge in [-0.15, -0.1) is 0 Å². The molecule has 0 unspecified atom stereocenters. The fourth-order valence-corrected chi connectivity index (χ4v) is 5.53. The molecule has 41 heavy (non-hydrogen) atoms. The van der Waals surface area contributed by atoms with Gasteiger partial charge in [0, 0.05) is 17.7 Å². The van der Waals surface area contributed by atoms with Crippen LogP contribution in [0.25, 0.3) is 0 Å². The van der Waals surface area contributed by atoms with Crippen molar-refractivity contribution in [2.24, 2.45) is 0 Å².